The largest absolute Gasteiger partial charge is 0.460 e. The van der Waals surface area contributed by atoms with Crippen LogP contribution < -0.4 is 0 Å². The first kappa shape index (κ1) is 40.0. The molecule has 0 amide bonds. The van der Waals surface area contributed by atoms with E-state index in [0.29, 0.717) is 0 Å². The van der Waals surface area contributed by atoms with Crippen LogP contribution in [-0.4, -0.2) is 84.9 Å². The normalized spacial score (nSPS) is 17.3. The molecule has 0 bridgehead atoms. The van der Waals surface area contributed by atoms with E-state index in [9.17, 15) is 110 Å². The Labute approximate surface area is 218 Å². The summed E-state index contributed by atoms with van der Waals surface area (Å²) in [6, 6.07) is 0. The van der Waals surface area contributed by atoms with Gasteiger partial charge >= 0.3 is 65.4 Å². The molecule has 0 aliphatic heterocycles. The van der Waals surface area contributed by atoms with Crippen LogP contribution in [0.2, 0.25) is 0 Å². The van der Waals surface area contributed by atoms with Gasteiger partial charge in [-0.15, -0.1) is 23.2 Å². The summed E-state index contributed by atoms with van der Waals surface area (Å²) in [7, 11) is -4.67. The van der Waals surface area contributed by atoms with E-state index in [1.807, 2.05) is 0 Å². The number of rotatable bonds is 12. The molecule has 0 aliphatic carbocycles. The van der Waals surface area contributed by atoms with Crippen molar-refractivity contribution in [3.63, 3.8) is 0 Å². The third-order valence-electron chi connectivity index (χ3n) is 4.78. The van der Waals surface area contributed by atoms with E-state index in [2.05, 4.69) is 23.2 Å². The molecule has 0 aliphatic rings. The van der Waals surface area contributed by atoms with Crippen LogP contribution in [0.15, 0.2) is 0 Å². The number of halogens is 27. The summed E-state index contributed by atoms with van der Waals surface area (Å²) in [5.74, 6) is -91.4. The highest BCUT2D eigenvalue weighted by Crippen LogP contribution is 2.67. The van der Waals surface area contributed by atoms with Crippen LogP contribution in [0, 0.1) is 0 Å². The summed E-state index contributed by atoms with van der Waals surface area (Å²) >= 11 is 9.04. The predicted octanol–water partition coefficient (Wildman–Crippen LogP) is 8.42. The summed E-state index contributed by atoms with van der Waals surface area (Å²) in [6.07, 6.45) is -8.17. The fraction of sp³-hybridized carbons (Fsp3) is 1.00. The second-order valence-electron chi connectivity index (χ2n) is 7.54. The standard InChI is InChI=1S/C13H3Cl2F25Si/c14-1(15)41-13(39,40)11(34,35)9(30,31)7(26,27)5(22,23)3(18,19)2(16,17)4(20,21)6(24,25)8(28,29)10(32,33)12(36,37)38/h1H,41H2. The average Bonchev–Trinajstić information content (AvgIpc) is 2.70. The third-order valence-corrected chi connectivity index (χ3v) is 6.97. The van der Waals surface area contributed by atoms with Crippen molar-refractivity contribution in [3.8, 4) is 0 Å². The molecule has 0 nitrogen and oxygen atoms in total. The molecule has 0 unspecified atom stereocenters. The molecule has 0 aromatic carbocycles. The van der Waals surface area contributed by atoms with E-state index in [4.69, 9.17) is 0 Å². The van der Waals surface area contributed by atoms with Gasteiger partial charge in [0.05, 0.1) is 4.46 Å². The maximum absolute atomic E-state index is 13.6. The highest BCUT2D eigenvalue weighted by molar-refractivity contribution is 6.69. The van der Waals surface area contributed by atoms with E-state index >= 15 is 0 Å². The van der Waals surface area contributed by atoms with Gasteiger partial charge in [0.1, 0.15) is 0 Å². The van der Waals surface area contributed by atoms with Crippen molar-refractivity contribution in [1.82, 2.24) is 0 Å². The Morgan fingerprint density at radius 3 is 0.634 bits per heavy atom. The minimum absolute atomic E-state index is 2.89. The van der Waals surface area contributed by atoms with E-state index < -0.39 is 84.9 Å². The van der Waals surface area contributed by atoms with Gasteiger partial charge < -0.3 is 0 Å². The summed E-state index contributed by atoms with van der Waals surface area (Å²) in [5.41, 5.74) is -6.79. The fourth-order valence-electron chi connectivity index (χ4n) is 2.31. The molecule has 0 rings (SSSR count). The SMILES string of the molecule is FC(F)(F)C(F)(F)C(F)(F)C(F)(F)C(F)(F)C(F)(F)C(F)(F)C(F)(F)C(F)(F)C(F)(F)C(F)(F)C(F)(F)[SiH2]C(Cl)Cl. The van der Waals surface area contributed by atoms with E-state index in [0.717, 1.165) is 0 Å². The van der Waals surface area contributed by atoms with Crippen LogP contribution in [0.4, 0.5) is 110 Å². The molecular formula is C13H3Cl2F25Si. The zero-order chi connectivity index (χ0) is 34.3. The van der Waals surface area contributed by atoms with Gasteiger partial charge in [0.2, 0.25) is 0 Å². The van der Waals surface area contributed by atoms with Gasteiger partial charge in [-0.3, -0.25) is 0 Å². The quantitative estimate of drug-likeness (QED) is 0.107. The van der Waals surface area contributed by atoms with Gasteiger partial charge in [-0.1, -0.05) is 0 Å². The van der Waals surface area contributed by atoms with E-state index in [-0.39, 0.29) is 0 Å². The lowest BCUT2D eigenvalue weighted by molar-refractivity contribution is -0.480. The number of alkyl halides is 27. The Morgan fingerprint density at radius 1 is 0.293 bits per heavy atom. The zero-order valence-electron chi connectivity index (χ0n) is 17.5. The molecule has 0 saturated carbocycles. The molecule has 0 heterocycles. The van der Waals surface area contributed by atoms with Crippen molar-refractivity contribution >= 4 is 32.7 Å². The first-order valence-electron chi connectivity index (χ1n) is 8.67. The molecule has 248 valence electrons. The Bertz CT molecular complexity index is 948. The molecule has 0 N–H and O–H groups in total. The molecule has 0 fully saturated rings. The van der Waals surface area contributed by atoms with Crippen molar-refractivity contribution in [2.75, 3.05) is 0 Å². The van der Waals surface area contributed by atoms with Crippen LogP contribution in [0.25, 0.3) is 0 Å². The first-order valence-corrected chi connectivity index (χ1v) is 11.1. The van der Waals surface area contributed by atoms with Crippen LogP contribution in [0.5, 0.6) is 0 Å². The summed E-state index contributed by atoms with van der Waals surface area (Å²) in [5, 5.41) is 0. The lowest BCUT2D eigenvalue weighted by Gasteiger charge is -2.45. The van der Waals surface area contributed by atoms with Crippen LogP contribution in [0.1, 0.15) is 0 Å². The highest BCUT2D eigenvalue weighted by atomic mass is 35.5. The van der Waals surface area contributed by atoms with Gasteiger partial charge in [-0.2, -0.15) is 101 Å². The summed E-state index contributed by atoms with van der Waals surface area (Å²) in [6.45, 7) is 0. The Kier molecular flexibility index (Phi) is 9.80. The third kappa shape index (κ3) is 5.05. The molecule has 0 radical (unpaired) electrons. The van der Waals surface area contributed by atoms with Crippen molar-refractivity contribution < 1.29 is 110 Å². The summed E-state index contributed by atoms with van der Waals surface area (Å²) < 4.78 is 328. The molecular weight excluding hydrogens is 730 g/mol. The van der Waals surface area contributed by atoms with Crippen molar-refractivity contribution in [2.45, 2.75) is 75.4 Å². The van der Waals surface area contributed by atoms with Gasteiger partial charge in [0.15, 0.2) is 9.52 Å². The maximum atomic E-state index is 13.6. The minimum Gasteiger partial charge on any atom is -0.206 e. The Hall–Kier alpha value is -0.953. The maximum Gasteiger partial charge on any atom is 0.460 e. The number of hydrogen-bond acceptors (Lipinski definition) is 0. The minimum atomic E-state index is -9.60. The van der Waals surface area contributed by atoms with Crippen molar-refractivity contribution in [3.05, 3.63) is 0 Å². The molecule has 28 heteroatoms. The molecule has 0 saturated heterocycles. The van der Waals surface area contributed by atoms with E-state index in [1.165, 1.54) is 0 Å². The molecule has 0 aromatic rings. The molecule has 0 spiro atoms. The Balaban J connectivity index is 7.31. The number of hydrogen-bond donors (Lipinski definition) is 0. The topological polar surface area (TPSA) is 0 Å². The zero-order valence-corrected chi connectivity index (χ0v) is 20.4. The fourth-order valence-corrected chi connectivity index (χ4v) is 4.34. The van der Waals surface area contributed by atoms with Crippen molar-refractivity contribution in [2.24, 2.45) is 0 Å². The molecule has 0 atom stereocenters. The van der Waals surface area contributed by atoms with Gasteiger partial charge in [0, 0.05) is 0 Å². The highest BCUT2D eigenvalue weighted by Gasteiger charge is 2.99. The second-order valence-corrected chi connectivity index (χ2v) is 12.0. The van der Waals surface area contributed by atoms with Gasteiger partial charge in [0.25, 0.3) is 5.55 Å². The van der Waals surface area contributed by atoms with Crippen LogP contribution in [-0.2, 0) is 0 Å². The Morgan fingerprint density at radius 2 is 0.463 bits per heavy atom. The lowest BCUT2D eigenvalue weighted by atomic mass is 9.85. The molecule has 41 heavy (non-hydrogen) atoms. The van der Waals surface area contributed by atoms with Gasteiger partial charge in [-0.05, 0) is 0 Å². The van der Waals surface area contributed by atoms with Crippen LogP contribution >= 0.6 is 23.2 Å². The average molecular weight is 733 g/mol. The smallest absolute Gasteiger partial charge is 0.206 e. The predicted molar refractivity (Wildman–Crippen MR) is 84.5 cm³/mol. The lowest BCUT2D eigenvalue weighted by Crippen LogP contribution is -2.78. The molecule has 0 aromatic heterocycles. The van der Waals surface area contributed by atoms with E-state index in [1.54, 1.807) is 0 Å². The summed E-state index contributed by atoms with van der Waals surface area (Å²) in [4.78, 5) is 0. The first-order chi connectivity index (χ1) is 17.2. The van der Waals surface area contributed by atoms with Gasteiger partial charge in [-0.25, -0.2) is 8.78 Å². The van der Waals surface area contributed by atoms with Crippen molar-refractivity contribution in [1.29, 1.82) is 0 Å². The van der Waals surface area contributed by atoms with Crippen LogP contribution in [0.3, 0.4) is 0 Å². The second kappa shape index (κ2) is 10.0. The monoisotopic (exact) mass is 732 g/mol.